The van der Waals surface area contributed by atoms with Crippen LogP contribution in [0, 0.1) is 0 Å². The van der Waals surface area contributed by atoms with E-state index in [2.05, 4.69) is 6.92 Å². The monoisotopic (exact) mass is 264 g/mol. The zero-order valence-electron chi connectivity index (χ0n) is 11.0. The summed E-state index contributed by atoms with van der Waals surface area (Å²) in [4.78, 5) is 14.1. The maximum absolute atomic E-state index is 11.9. The summed E-state index contributed by atoms with van der Waals surface area (Å²) < 4.78 is 0. The minimum Gasteiger partial charge on any atom is -0.389 e. The van der Waals surface area contributed by atoms with Gasteiger partial charge < -0.3 is 10.6 Å². The minimum atomic E-state index is 0.145. The molecular weight excluding hydrogens is 244 g/mol. The van der Waals surface area contributed by atoms with Gasteiger partial charge in [-0.3, -0.25) is 4.79 Å². The molecule has 0 atom stereocenters. The van der Waals surface area contributed by atoms with E-state index in [0.717, 1.165) is 30.5 Å². The largest absolute Gasteiger partial charge is 0.389 e. The molecule has 18 heavy (non-hydrogen) atoms. The average molecular weight is 264 g/mol. The predicted molar refractivity (Wildman–Crippen MR) is 78.6 cm³/mol. The fourth-order valence-electron chi connectivity index (χ4n) is 1.62. The molecule has 2 N–H and O–H groups in total. The molecule has 0 saturated heterocycles. The molecule has 1 aromatic carbocycles. The molecule has 98 valence electrons. The molecule has 0 aliphatic rings. The zero-order chi connectivity index (χ0) is 13.5. The molecule has 1 aromatic rings. The van der Waals surface area contributed by atoms with E-state index < -0.39 is 0 Å². The number of hydrogen-bond donors (Lipinski definition) is 1. The van der Waals surface area contributed by atoms with Gasteiger partial charge in [-0.1, -0.05) is 49.8 Å². The van der Waals surface area contributed by atoms with E-state index in [-0.39, 0.29) is 5.91 Å². The second kappa shape index (κ2) is 7.11. The van der Waals surface area contributed by atoms with Crippen LogP contribution < -0.4 is 5.73 Å². The first kappa shape index (κ1) is 14.6. The van der Waals surface area contributed by atoms with Gasteiger partial charge >= 0.3 is 0 Å². The van der Waals surface area contributed by atoms with Crippen molar-refractivity contribution < 1.29 is 4.79 Å². The molecule has 0 fully saturated rings. The Hall–Kier alpha value is -1.42. The average Bonchev–Trinajstić information content (AvgIpc) is 2.36. The standard InChI is InChI=1S/C14H20N2OS/c1-3-4-9-16(2)13(17)10-11-5-7-12(8-6-11)14(15)18/h5-8H,3-4,9-10H2,1-2H3,(H2,15,18). The first-order valence-electron chi connectivity index (χ1n) is 6.17. The molecule has 4 heteroatoms. The van der Waals surface area contributed by atoms with Crippen LogP contribution in [0.4, 0.5) is 0 Å². The summed E-state index contributed by atoms with van der Waals surface area (Å²) in [6, 6.07) is 7.52. The highest BCUT2D eigenvalue weighted by Crippen LogP contribution is 2.07. The van der Waals surface area contributed by atoms with Crippen molar-refractivity contribution in [2.24, 2.45) is 5.73 Å². The predicted octanol–water partition coefficient (Wildman–Crippen LogP) is 2.12. The number of thiocarbonyl (C=S) groups is 1. The topological polar surface area (TPSA) is 46.3 Å². The Bertz CT molecular complexity index is 414. The Kier molecular flexibility index (Phi) is 5.78. The molecule has 3 nitrogen and oxygen atoms in total. The summed E-state index contributed by atoms with van der Waals surface area (Å²) in [5.74, 6) is 0.145. The highest BCUT2D eigenvalue weighted by molar-refractivity contribution is 7.80. The van der Waals surface area contributed by atoms with E-state index >= 15 is 0 Å². The third-order valence-corrected chi connectivity index (χ3v) is 3.10. The summed E-state index contributed by atoms with van der Waals surface area (Å²) in [6.45, 7) is 2.94. The number of rotatable bonds is 6. The van der Waals surface area contributed by atoms with E-state index in [1.54, 1.807) is 4.90 Å². The molecule has 1 amide bonds. The van der Waals surface area contributed by atoms with Crippen LogP contribution in [-0.4, -0.2) is 29.4 Å². The van der Waals surface area contributed by atoms with Gasteiger partial charge in [-0.15, -0.1) is 0 Å². The van der Waals surface area contributed by atoms with E-state index in [1.807, 2.05) is 31.3 Å². The van der Waals surface area contributed by atoms with Crippen molar-refractivity contribution in [2.75, 3.05) is 13.6 Å². The molecule has 0 unspecified atom stereocenters. The number of benzene rings is 1. The fraction of sp³-hybridized carbons (Fsp3) is 0.429. The second-order valence-corrected chi connectivity index (χ2v) is 4.85. The van der Waals surface area contributed by atoms with Gasteiger partial charge in [-0.2, -0.15) is 0 Å². The quantitative estimate of drug-likeness (QED) is 0.801. The molecule has 0 radical (unpaired) electrons. The van der Waals surface area contributed by atoms with Crippen molar-refractivity contribution in [1.82, 2.24) is 4.90 Å². The molecule has 0 saturated carbocycles. The van der Waals surface area contributed by atoms with Crippen LogP contribution in [0.5, 0.6) is 0 Å². The summed E-state index contributed by atoms with van der Waals surface area (Å²) in [7, 11) is 1.85. The van der Waals surface area contributed by atoms with Crippen LogP contribution in [-0.2, 0) is 11.2 Å². The normalized spacial score (nSPS) is 10.1. The summed E-state index contributed by atoms with van der Waals surface area (Å²) in [5.41, 5.74) is 7.35. The number of likely N-dealkylation sites (N-methyl/N-ethyl adjacent to an activating group) is 1. The van der Waals surface area contributed by atoms with Gasteiger partial charge in [-0.25, -0.2) is 0 Å². The molecule has 0 heterocycles. The minimum absolute atomic E-state index is 0.145. The number of carbonyl (C=O) groups excluding carboxylic acids is 1. The number of nitrogens with two attached hydrogens (primary N) is 1. The van der Waals surface area contributed by atoms with Crippen molar-refractivity contribution in [3.05, 3.63) is 35.4 Å². The maximum Gasteiger partial charge on any atom is 0.226 e. The lowest BCUT2D eigenvalue weighted by Gasteiger charge is -2.16. The number of hydrogen-bond acceptors (Lipinski definition) is 2. The number of nitrogens with zero attached hydrogens (tertiary/aromatic N) is 1. The van der Waals surface area contributed by atoms with Crippen molar-refractivity contribution in [3.8, 4) is 0 Å². The first-order valence-corrected chi connectivity index (χ1v) is 6.58. The first-order chi connectivity index (χ1) is 8.54. The third kappa shape index (κ3) is 4.45. The van der Waals surface area contributed by atoms with Crippen molar-refractivity contribution in [2.45, 2.75) is 26.2 Å². The number of carbonyl (C=O) groups is 1. The fourth-order valence-corrected chi connectivity index (χ4v) is 1.75. The van der Waals surface area contributed by atoms with Crippen molar-refractivity contribution in [1.29, 1.82) is 0 Å². The summed E-state index contributed by atoms with van der Waals surface area (Å²) in [5, 5.41) is 0. The molecule has 0 aliphatic heterocycles. The van der Waals surface area contributed by atoms with Crippen LogP contribution in [0.3, 0.4) is 0 Å². The van der Waals surface area contributed by atoms with Gasteiger partial charge in [0.15, 0.2) is 0 Å². The summed E-state index contributed by atoms with van der Waals surface area (Å²) >= 11 is 4.89. The van der Waals surface area contributed by atoms with E-state index in [1.165, 1.54) is 0 Å². The lowest BCUT2D eigenvalue weighted by atomic mass is 10.1. The molecular formula is C14H20N2OS. The molecule has 0 spiro atoms. The highest BCUT2D eigenvalue weighted by atomic mass is 32.1. The molecule has 0 aliphatic carbocycles. The second-order valence-electron chi connectivity index (χ2n) is 4.41. The molecule has 0 bridgehead atoms. The number of amides is 1. The lowest BCUT2D eigenvalue weighted by molar-refractivity contribution is -0.129. The van der Waals surface area contributed by atoms with Crippen molar-refractivity contribution in [3.63, 3.8) is 0 Å². The van der Waals surface area contributed by atoms with Crippen LogP contribution in [0.25, 0.3) is 0 Å². The van der Waals surface area contributed by atoms with Crippen LogP contribution >= 0.6 is 12.2 Å². The van der Waals surface area contributed by atoms with Crippen LogP contribution in [0.2, 0.25) is 0 Å². The summed E-state index contributed by atoms with van der Waals surface area (Å²) in [6.07, 6.45) is 2.57. The molecule has 1 rings (SSSR count). The Morgan fingerprint density at radius 3 is 2.44 bits per heavy atom. The molecule has 0 aromatic heterocycles. The van der Waals surface area contributed by atoms with Gasteiger partial charge in [0.05, 0.1) is 6.42 Å². The Morgan fingerprint density at radius 2 is 1.94 bits per heavy atom. The van der Waals surface area contributed by atoms with Gasteiger partial charge in [0.1, 0.15) is 4.99 Å². The van der Waals surface area contributed by atoms with Gasteiger partial charge in [-0.05, 0) is 12.0 Å². The zero-order valence-corrected chi connectivity index (χ0v) is 11.8. The number of unbranched alkanes of at least 4 members (excludes halogenated alkanes) is 1. The van der Waals surface area contributed by atoms with Crippen LogP contribution in [0.1, 0.15) is 30.9 Å². The van der Waals surface area contributed by atoms with E-state index in [9.17, 15) is 4.79 Å². The Morgan fingerprint density at radius 1 is 1.33 bits per heavy atom. The van der Waals surface area contributed by atoms with Gasteiger partial charge in [0, 0.05) is 19.2 Å². The third-order valence-electron chi connectivity index (χ3n) is 2.87. The Labute approximate surface area is 114 Å². The highest BCUT2D eigenvalue weighted by Gasteiger charge is 2.09. The smallest absolute Gasteiger partial charge is 0.226 e. The lowest BCUT2D eigenvalue weighted by Crippen LogP contribution is -2.29. The van der Waals surface area contributed by atoms with Crippen LogP contribution in [0.15, 0.2) is 24.3 Å². The maximum atomic E-state index is 11.9. The SMILES string of the molecule is CCCCN(C)C(=O)Cc1ccc(C(N)=S)cc1. The van der Waals surface area contributed by atoms with Crippen molar-refractivity contribution >= 4 is 23.1 Å². The van der Waals surface area contributed by atoms with Gasteiger partial charge in [0.2, 0.25) is 5.91 Å². The van der Waals surface area contributed by atoms with Gasteiger partial charge in [0.25, 0.3) is 0 Å². The van der Waals surface area contributed by atoms with E-state index in [4.69, 9.17) is 18.0 Å². The van der Waals surface area contributed by atoms with E-state index in [0.29, 0.717) is 11.4 Å². The Balaban J connectivity index is 2.56.